The number of methoxy groups -OCH3 is 2. The smallest absolute Gasteiger partial charge is 0.321 e. The van der Waals surface area contributed by atoms with Gasteiger partial charge in [0.05, 0.1) is 14.2 Å². The van der Waals surface area contributed by atoms with Gasteiger partial charge in [-0.15, -0.1) is 10.2 Å². The molecule has 32 heavy (non-hydrogen) atoms. The van der Waals surface area contributed by atoms with Crippen molar-refractivity contribution in [3.63, 3.8) is 0 Å². The number of urea groups is 1. The lowest BCUT2D eigenvalue weighted by atomic mass is 10.2. The summed E-state index contributed by atoms with van der Waals surface area (Å²) in [4.78, 5) is 20.6. The molecule has 1 aliphatic rings. The topological polar surface area (TPSA) is 105 Å². The summed E-state index contributed by atoms with van der Waals surface area (Å²) in [6.45, 7) is 2.51. The maximum absolute atomic E-state index is 12.7. The van der Waals surface area contributed by atoms with Crippen LogP contribution in [0.1, 0.15) is 0 Å². The maximum atomic E-state index is 12.7. The molecule has 2 aromatic heterocycles. The molecule has 166 valence electrons. The van der Waals surface area contributed by atoms with Crippen LogP contribution in [0.15, 0.2) is 54.9 Å². The standard InChI is InChI=1S/C22H25N7O3/c1-31-18-4-3-17(15-19(18)32-2)25-22(30)29-13-11-28(12-14-29)21-6-5-20(26-27-21)24-16-7-9-23-10-8-16/h3-10,15H,11-14H2,1-2H3,(H,25,30)(H,23,24,26). The molecular formula is C22H25N7O3. The molecule has 3 heterocycles. The summed E-state index contributed by atoms with van der Waals surface area (Å²) in [6, 6.07) is 12.7. The lowest BCUT2D eigenvalue weighted by Crippen LogP contribution is -2.50. The Bertz CT molecular complexity index is 1040. The van der Waals surface area contributed by atoms with Crippen molar-refractivity contribution >= 4 is 29.0 Å². The molecule has 0 unspecified atom stereocenters. The van der Waals surface area contributed by atoms with E-state index in [1.54, 1.807) is 49.7 Å². The van der Waals surface area contributed by atoms with Gasteiger partial charge in [0, 0.05) is 56.0 Å². The number of benzene rings is 1. The molecule has 10 nitrogen and oxygen atoms in total. The minimum Gasteiger partial charge on any atom is -0.493 e. The fourth-order valence-corrected chi connectivity index (χ4v) is 3.40. The molecule has 0 aliphatic carbocycles. The molecule has 2 N–H and O–H groups in total. The molecule has 1 fully saturated rings. The minimum atomic E-state index is -0.153. The zero-order valence-corrected chi connectivity index (χ0v) is 18.0. The van der Waals surface area contributed by atoms with E-state index in [0.29, 0.717) is 49.2 Å². The van der Waals surface area contributed by atoms with Crippen molar-refractivity contribution in [2.75, 3.05) is 55.9 Å². The third-order valence-corrected chi connectivity index (χ3v) is 5.13. The van der Waals surface area contributed by atoms with E-state index in [0.717, 1.165) is 11.5 Å². The fourth-order valence-electron chi connectivity index (χ4n) is 3.40. The molecule has 10 heteroatoms. The van der Waals surface area contributed by atoms with E-state index in [-0.39, 0.29) is 6.03 Å². The second kappa shape index (κ2) is 9.82. The fraction of sp³-hybridized carbons (Fsp3) is 0.273. The van der Waals surface area contributed by atoms with Crippen LogP contribution in [0.4, 0.5) is 27.8 Å². The van der Waals surface area contributed by atoms with Crippen LogP contribution in [0, 0.1) is 0 Å². The van der Waals surface area contributed by atoms with Crippen LogP contribution in [-0.2, 0) is 0 Å². The number of piperazine rings is 1. The van der Waals surface area contributed by atoms with Crippen LogP contribution in [0.25, 0.3) is 0 Å². The molecule has 1 saturated heterocycles. The zero-order valence-electron chi connectivity index (χ0n) is 18.0. The summed E-state index contributed by atoms with van der Waals surface area (Å²) in [5, 5.41) is 14.7. The summed E-state index contributed by atoms with van der Waals surface area (Å²) in [5.74, 6) is 2.62. The van der Waals surface area contributed by atoms with Crippen LogP contribution >= 0.6 is 0 Å². The molecule has 0 saturated carbocycles. The monoisotopic (exact) mass is 435 g/mol. The lowest BCUT2D eigenvalue weighted by molar-refractivity contribution is 0.208. The van der Waals surface area contributed by atoms with E-state index in [2.05, 4.69) is 30.7 Å². The maximum Gasteiger partial charge on any atom is 0.321 e. The molecular weight excluding hydrogens is 410 g/mol. The van der Waals surface area contributed by atoms with Gasteiger partial charge in [-0.25, -0.2) is 4.79 Å². The van der Waals surface area contributed by atoms with Gasteiger partial charge < -0.3 is 29.9 Å². The van der Waals surface area contributed by atoms with E-state index in [1.165, 1.54) is 0 Å². The first-order valence-corrected chi connectivity index (χ1v) is 10.2. The van der Waals surface area contributed by atoms with E-state index in [4.69, 9.17) is 9.47 Å². The van der Waals surface area contributed by atoms with Crippen molar-refractivity contribution in [1.82, 2.24) is 20.1 Å². The Morgan fingerprint density at radius 1 is 0.875 bits per heavy atom. The van der Waals surface area contributed by atoms with Crippen LogP contribution in [0.5, 0.6) is 11.5 Å². The van der Waals surface area contributed by atoms with Crippen molar-refractivity contribution in [2.24, 2.45) is 0 Å². The highest BCUT2D eigenvalue weighted by atomic mass is 16.5. The van der Waals surface area contributed by atoms with E-state index in [1.807, 2.05) is 24.3 Å². The van der Waals surface area contributed by atoms with Gasteiger partial charge in [-0.1, -0.05) is 0 Å². The van der Waals surface area contributed by atoms with Gasteiger partial charge >= 0.3 is 6.03 Å². The van der Waals surface area contributed by atoms with Gasteiger partial charge in [0.1, 0.15) is 0 Å². The Balaban J connectivity index is 1.30. The summed E-state index contributed by atoms with van der Waals surface area (Å²) >= 11 is 0. The number of carbonyl (C=O) groups excluding carboxylic acids is 1. The Morgan fingerprint density at radius 3 is 2.28 bits per heavy atom. The third kappa shape index (κ3) is 4.97. The zero-order chi connectivity index (χ0) is 22.3. The summed E-state index contributed by atoms with van der Waals surface area (Å²) < 4.78 is 10.5. The van der Waals surface area contributed by atoms with Crippen LogP contribution < -0.4 is 25.0 Å². The highest BCUT2D eigenvalue weighted by molar-refractivity contribution is 5.90. The highest BCUT2D eigenvalue weighted by Gasteiger charge is 2.22. The van der Waals surface area contributed by atoms with Gasteiger partial charge in [-0.05, 0) is 36.4 Å². The Labute approximate surface area is 186 Å². The second-order valence-electron chi connectivity index (χ2n) is 7.11. The van der Waals surface area contributed by atoms with Crippen LogP contribution in [-0.4, -0.2) is 66.5 Å². The molecule has 1 aliphatic heterocycles. The third-order valence-electron chi connectivity index (χ3n) is 5.13. The molecule has 1 aromatic carbocycles. The number of carbonyl (C=O) groups is 1. The number of hydrogen-bond donors (Lipinski definition) is 2. The average molecular weight is 435 g/mol. The highest BCUT2D eigenvalue weighted by Crippen LogP contribution is 2.30. The minimum absolute atomic E-state index is 0.153. The van der Waals surface area contributed by atoms with Crippen molar-refractivity contribution in [3.8, 4) is 11.5 Å². The van der Waals surface area contributed by atoms with Crippen molar-refractivity contribution in [3.05, 3.63) is 54.9 Å². The normalized spacial score (nSPS) is 13.4. The number of ether oxygens (including phenoxy) is 2. The second-order valence-corrected chi connectivity index (χ2v) is 7.11. The number of nitrogens with zero attached hydrogens (tertiary/aromatic N) is 5. The predicted molar refractivity (Wildman–Crippen MR) is 122 cm³/mol. The molecule has 4 rings (SSSR count). The molecule has 3 aromatic rings. The van der Waals surface area contributed by atoms with Crippen LogP contribution in [0.3, 0.4) is 0 Å². The van der Waals surface area contributed by atoms with E-state index in [9.17, 15) is 4.79 Å². The number of pyridine rings is 1. The summed E-state index contributed by atoms with van der Waals surface area (Å²) in [6.07, 6.45) is 3.43. The lowest BCUT2D eigenvalue weighted by Gasteiger charge is -2.35. The first-order chi connectivity index (χ1) is 15.7. The Morgan fingerprint density at radius 2 is 1.62 bits per heavy atom. The van der Waals surface area contributed by atoms with Gasteiger partial charge in [0.15, 0.2) is 23.1 Å². The molecule has 0 spiro atoms. The number of nitrogens with one attached hydrogen (secondary N) is 2. The SMILES string of the molecule is COc1ccc(NC(=O)N2CCN(c3ccc(Nc4ccncc4)nn3)CC2)cc1OC. The van der Waals surface area contributed by atoms with Crippen molar-refractivity contribution in [2.45, 2.75) is 0 Å². The van der Waals surface area contributed by atoms with Crippen molar-refractivity contribution < 1.29 is 14.3 Å². The van der Waals surface area contributed by atoms with E-state index < -0.39 is 0 Å². The van der Waals surface area contributed by atoms with Gasteiger partial charge in [-0.2, -0.15) is 0 Å². The number of anilines is 4. The molecule has 0 radical (unpaired) electrons. The molecule has 2 amide bonds. The number of aromatic nitrogens is 3. The van der Waals surface area contributed by atoms with E-state index >= 15 is 0 Å². The van der Waals surface area contributed by atoms with Gasteiger partial charge in [-0.3, -0.25) is 4.98 Å². The predicted octanol–water partition coefficient (Wildman–Crippen LogP) is 2.99. The largest absolute Gasteiger partial charge is 0.493 e. The summed E-state index contributed by atoms with van der Waals surface area (Å²) in [7, 11) is 3.14. The number of rotatable bonds is 6. The average Bonchev–Trinajstić information content (AvgIpc) is 2.85. The first kappa shape index (κ1) is 21.2. The number of amides is 2. The Hall–Kier alpha value is -4.08. The summed E-state index contributed by atoms with van der Waals surface area (Å²) in [5.41, 5.74) is 1.55. The molecule has 0 bridgehead atoms. The van der Waals surface area contributed by atoms with Gasteiger partial charge in [0.25, 0.3) is 0 Å². The Kier molecular flexibility index (Phi) is 6.49. The molecule has 0 atom stereocenters. The first-order valence-electron chi connectivity index (χ1n) is 10.2. The van der Waals surface area contributed by atoms with Crippen LogP contribution in [0.2, 0.25) is 0 Å². The van der Waals surface area contributed by atoms with Crippen molar-refractivity contribution in [1.29, 1.82) is 0 Å². The number of hydrogen-bond acceptors (Lipinski definition) is 8. The quantitative estimate of drug-likeness (QED) is 0.609. The van der Waals surface area contributed by atoms with Gasteiger partial charge in [0.2, 0.25) is 0 Å².